The molecule has 0 spiro atoms. The molecule has 1 aliphatic heterocycles. The first kappa shape index (κ1) is 17.0. The van der Waals surface area contributed by atoms with Crippen LogP contribution >= 0.6 is 11.8 Å². The number of hydrogen-bond acceptors (Lipinski definition) is 3. The van der Waals surface area contributed by atoms with Gasteiger partial charge in [0.05, 0.1) is 6.61 Å². The third kappa shape index (κ3) is 4.83. The normalized spacial score (nSPS) is 21.7. The van der Waals surface area contributed by atoms with Crippen LogP contribution in [0.2, 0.25) is 0 Å². The monoisotopic (exact) mass is 321 g/mol. The van der Waals surface area contributed by atoms with Gasteiger partial charge in [0, 0.05) is 30.4 Å². The fourth-order valence-electron chi connectivity index (χ4n) is 2.59. The van der Waals surface area contributed by atoms with E-state index in [1.165, 1.54) is 18.6 Å². The van der Waals surface area contributed by atoms with E-state index in [1.807, 2.05) is 32.2 Å². The molecule has 0 radical (unpaired) electrons. The van der Waals surface area contributed by atoms with Gasteiger partial charge in [-0.25, -0.2) is 0 Å². The smallest absolute Gasteiger partial charge is 0.191 e. The molecular weight excluding hydrogens is 294 g/mol. The van der Waals surface area contributed by atoms with Crippen molar-refractivity contribution in [3.63, 3.8) is 0 Å². The van der Waals surface area contributed by atoms with Crippen molar-refractivity contribution in [2.24, 2.45) is 4.99 Å². The highest BCUT2D eigenvalue weighted by Crippen LogP contribution is 2.36. The summed E-state index contributed by atoms with van der Waals surface area (Å²) in [4.78, 5) is 4.32. The van der Waals surface area contributed by atoms with Crippen molar-refractivity contribution >= 4 is 17.7 Å². The largest absolute Gasteiger partial charge is 0.494 e. The first-order valence-electron chi connectivity index (χ1n) is 7.96. The molecule has 1 aliphatic rings. The van der Waals surface area contributed by atoms with Crippen LogP contribution in [0.25, 0.3) is 0 Å². The van der Waals surface area contributed by atoms with E-state index in [2.05, 4.69) is 40.4 Å². The number of para-hydroxylation sites is 1. The third-order valence-corrected chi connectivity index (χ3v) is 5.41. The van der Waals surface area contributed by atoms with Gasteiger partial charge < -0.3 is 15.4 Å². The molecule has 5 heteroatoms. The van der Waals surface area contributed by atoms with Gasteiger partial charge in [-0.3, -0.25) is 4.99 Å². The van der Waals surface area contributed by atoms with Crippen LogP contribution in [0.15, 0.2) is 29.3 Å². The number of benzene rings is 1. The fraction of sp³-hybridized carbons (Fsp3) is 0.588. The maximum absolute atomic E-state index is 5.66. The lowest BCUT2D eigenvalue weighted by Crippen LogP contribution is -2.43. The number of aliphatic imine (C=N–C) groups is 1. The number of thioether (sulfide) groups is 1. The molecule has 4 nitrogen and oxygen atoms in total. The van der Waals surface area contributed by atoms with E-state index in [9.17, 15) is 0 Å². The van der Waals surface area contributed by atoms with Gasteiger partial charge in [0.2, 0.25) is 0 Å². The van der Waals surface area contributed by atoms with Crippen LogP contribution in [0.1, 0.15) is 32.3 Å². The minimum atomic E-state index is 0.334. The summed E-state index contributed by atoms with van der Waals surface area (Å²) in [6, 6.07) is 8.12. The van der Waals surface area contributed by atoms with Gasteiger partial charge in [0.1, 0.15) is 5.75 Å². The molecule has 1 aromatic carbocycles. The molecule has 1 heterocycles. The highest BCUT2D eigenvalue weighted by Gasteiger charge is 2.29. The zero-order valence-electron chi connectivity index (χ0n) is 13.8. The van der Waals surface area contributed by atoms with Crippen LogP contribution in [0.5, 0.6) is 5.75 Å². The zero-order valence-corrected chi connectivity index (χ0v) is 14.6. The first-order chi connectivity index (χ1) is 10.7. The highest BCUT2D eigenvalue weighted by atomic mass is 32.2. The van der Waals surface area contributed by atoms with Crippen molar-refractivity contribution in [1.82, 2.24) is 10.6 Å². The second-order valence-electron chi connectivity index (χ2n) is 5.72. The summed E-state index contributed by atoms with van der Waals surface area (Å²) in [6.07, 6.45) is 2.59. The number of ether oxygens (including phenoxy) is 1. The SMILES string of the molecule is CCOc1ccccc1CNC(=NC)NCC1(C)CCCS1. The van der Waals surface area contributed by atoms with Crippen LogP contribution in [0.4, 0.5) is 0 Å². The van der Waals surface area contributed by atoms with Gasteiger partial charge in [-0.15, -0.1) is 0 Å². The van der Waals surface area contributed by atoms with Crippen LogP contribution in [-0.2, 0) is 6.54 Å². The molecule has 1 saturated heterocycles. The van der Waals surface area contributed by atoms with E-state index in [4.69, 9.17) is 4.74 Å². The van der Waals surface area contributed by atoms with E-state index < -0.39 is 0 Å². The molecule has 0 saturated carbocycles. The van der Waals surface area contributed by atoms with Gasteiger partial charge >= 0.3 is 0 Å². The third-order valence-electron chi connectivity index (χ3n) is 3.87. The standard InChI is InChI=1S/C17H27N3OS/c1-4-21-15-9-6-5-8-14(15)12-19-16(18-3)20-13-17(2)10-7-11-22-17/h5-6,8-9H,4,7,10-13H2,1-3H3,(H2,18,19,20). The van der Waals surface area contributed by atoms with Crippen molar-refractivity contribution in [2.45, 2.75) is 38.0 Å². The van der Waals surface area contributed by atoms with E-state index in [0.717, 1.165) is 23.8 Å². The van der Waals surface area contributed by atoms with Crippen molar-refractivity contribution in [3.8, 4) is 5.75 Å². The summed E-state index contributed by atoms with van der Waals surface area (Å²) < 4.78 is 5.99. The summed E-state index contributed by atoms with van der Waals surface area (Å²) in [7, 11) is 1.81. The summed E-state index contributed by atoms with van der Waals surface area (Å²) >= 11 is 2.06. The highest BCUT2D eigenvalue weighted by molar-refractivity contribution is 8.00. The Bertz CT molecular complexity index is 498. The second kappa shape index (κ2) is 8.32. The second-order valence-corrected chi connectivity index (χ2v) is 7.40. The minimum Gasteiger partial charge on any atom is -0.494 e. The molecule has 1 aromatic rings. The number of hydrogen-bond donors (Lipinski definition) is 2. The molecule has 2 N–H and O–H groups in total. The molecule has 0 amide bonds. The van der Waals surface area contributed by atoms with Crippen LogP contribution in [0.3, 0.4) is 0 Å². The average Bonchev–Trinajstić information content (AvgIpc) is 2.96. The van der Waals surface area contributed by atoms with Gasteiger partial charge in [-0.1, -0.05) is 18.2 Å². The molecular formula is C17H27N3OS. The Balaban J connectivity index is 1.86. The number of nitrogens with one attached hydrogen (secondary N) is 2. The lowest BCUT2D eigenvalue weighted by Gasteiger charge is -2.24. The first-order valence-corrected chi connectivity index (χ1v) is 8.94. The van der Waals surface area contributed by atoms with Crippen LogP contribution in [-0.4, -0.2) is 36.7 Å². The van der Waals surface area contributed by atoms with E-state index in [0.29, 0.717) is 17.9 Å². The molecule has 2 rings (SSSR count). The molecule has 1 atom stereocenters. The molecule has 0 bridgehead atoms. The van der Waals surface area contributed by atoms with Crippen molar-refractivity contribution < 1.29 is 4.74 Å². The Labute approximate surface area is 138 Å². The Morgan fingerprint density at radius 1 is 1.36 bits per heavy atom. The summed E-state index contributed by atoms with van der Waals surface area (Å²) in [5, 5.41) is 6.83. The van der Waals surface area contributed by atoms with E-state index >= 15 is 0 Å². The Morgan fingerprint density at radius 3 is 2.86 bits per heavy atom. The van der Waals surface area contributed by atoms with Gasteiger partial charge in [-0.05, 0) is 38.5 Å². The predicted molar refractivity (Wildman–Crippen MR) is 95.9 cm³/mol. The average molecular weight is 321 g/mol. The lowest BCUT2D eigenvalue weighted by molar-refractivity contribution is 0.336. The maximum Gasteiger partial charge on any atom is 0.191 e. The van der Waals surface area contributed by atoms with Crippen molar-refractivity contribution in [3.05, 3.63) is 29.8 Å². The van der Waals surface area contributed by atoms with Crippen molar-refractivity contribution in [1.29, 1.82) is 0 Å². The van der Waals surface area contributed by atoms with Gasteiger partial charge in [0.25, 0.3) is 0 Å². The summed E-state index contributed by atoms with van der Waals surface area (Å²) in [5.74, 6) is 3.05. The number of rotatable bonds is 6. The maximum atomic E-state index is 5.66. The predicted octanol–water partition coefficient (Wildman–Crippen LogP) is 3.04. The van der Waals surface area contributed by atoms with Crippen LogP contribution in [0, 0.1) is 0 Å². The Hall–Kier alpha value is -1.36. The number of guanidine groups is 1. The van der Waals surface area contributed by atoms with Gasteiger partial charge in [0.15, 0.2) is 5.96 Å². The van der Waals surface area contributed by atoms with Crippen molar-refractivity contribution in [2.75, 3.05) is 26.0 Å². The lowest BCUT2D eigenvalue weighted by atomic mass is 10.1. The zero-order chi connectivity index (χ0) is 15.8. The summed E-state index contributed by atoms with van der Waals surface area (Å²) in [5.41, 5.74) is 1.15. The molecule has 0 aromatic heterocycles. The molecule has 1 fully saturated rings. The quantitative estimate of drug-likeness (QED) is 0.624. The Kier molecular flexibility index (Phi) is 6.43. The van der Waals surface area contributed by atoms with Gasteiger partial charge in [-0.2, -0.15) is 11.8 Å². The molecule has 1 unspecified atom stereocenters. The van der Waals surface area contributed by atoms with E-state index in [1.54, 1.807) is 0 Å². The minimum absolute atomic E-state index is 0.334. The molecule has 22 heavy (non-hydrogen) atoms. The molecule has 0 aliphatic carbocycles. The summed E-state index contributed by atoms with van der Waals surface area (Å²) in [6.45, 7) is 6.67. The van der Waals surface area contributed by atoms with Crippen LogP contribution < -0.4 is 15.4 Å². The molecule has 122 valence electrons. The fourth-order valence-corrected chi connectivity index (χ4v) is 3.84. The van der Waals surface area contributed by atoms with E-state index in [-0.39, 0.29) is 0 Å². The topological polar surface area (TPSA) is 45.6 Å². The number of nitrogens with zero attached hydrogens (tertiary/aromatic N) is 1. The Morgan fingerprint density at radius 2 is 2.18 bits per heavy atom.